The smallest absolute Gasteiger partial charge is 0.134 e. The minimum absolute atomic E-state index is 0. The van der Waals surface area contributed by atoms with Gasteiger partial charge >= 0.3 is 0 Å². The maximum Gasteiger partial charge on any atom is 0.134 e. The normalized spacial score (nSPS) is 9.72. The van der Waals surface area contributed by atoms with Crippen molar-refractivity contribution in [2.45, 2.75) is 6.54 Å². The van der Waals surface area contributed by atoms with Crippen molar-refractivity contribution < 1.29 is 9.13 Å². The van der Waals surface area contributed by atoms with Crippen molar-refractivity contribution in [1.82, 2.24) is 0 Å². The molecule has 0 unspecified atom stereocenters. The molecule has 4 heteroatoms. The van der Waals surface area contributed by atoms with Crippen LogP contribution in [0.5, 0.6) is 5.75 Å². The summed E-state index contributed by atoms with van der Waals surface area (Å²) in [5, 5.41) is 0. The minimum Gasteiger partial charge on any atom is -0.497 e. The lowest BCUT2D eigenvalue weighted by atomic mass is 10.0. The largest absolute Gasteiger partial charge is 0.497 e. The molecule has 0 saturated carbocycles. The van der Waals surface area contributed by atoms with Gasteiger partial charge in [0.1, 0.15) is 11.6 Å². The van der Waals surface area contributed by atoms with E-state index >= 15 is 0 Å². The summed E-state index contributed by atoms with van der Waals surface area (Å²) in [4.78, 5) is 0. The second kappa shape index (κ2) is 6.38. The average molecular weight is 268 g/mol. The van der Waals surface area contributed by atoms with Gasteiger partial charge in [0.25, 0.3) is 0 Å². The van der Waals surface area contributed by atoms with E-state index in [1.807, 2.05) is 24.3 Å². The van der Waals surface area contributed by atoms with Crippen molar-refractivity contribution in [2.24, 2.45) is 5.73 Å². The standard InChI is InChI=1S/C14H14FNO.ClH/c1-17-12-6-7-13(14(15)8-12)11-4-2-10(9-16)3-5-11;/h2-8H,9,16H2,1H3;1H. The Morgan fingerprint density at radius 1 is 1.11 bits per heavy atom. The van der Waals surface area contributed by atoms with Crippen LogP contribution in [0.3, 0.4) is 0 Å². The molecule has 0 heterocycles. The van der Waals surface area contributed by atoms with Crippen LogP contribution in [-0.4, -0.2) is 7.11 Å². The van der Waals surface area contributed by atoms with E-state index in [1.165, 1.54) is 13.2 Å². The van der Waals surface area contributed by atoms with Gasteiger partial charge in [0.15, 0.2) is 0 Å². The summed E-state index contributed by atoms with van der Waals surface area (Å²) in [5.41, 5.74) is 7.95. The van der Waals surface area contributed by atoms with Crippen molar-refractivity contribution in [3.63, 3.8) is 0 Å². The van der Waals surface area contributed by atoms with E-state index in [4.69, 9.17) is 10.5 Å². The van der Waals surface area contributed by atoms with Crippen LogP contribution in [0.2, 0.25) is 0 Å². The molecule has 96 valence electrons. The number of halogens is 2. The van der Waals surface area contributed by atoms with E-state index in [1.54, 1.807) is 12.1 Å². The average Bonchev–Trinajstić information content (AvgIpc) is 2.39. The Morgan fingerprint density at radius 3 is 2.28 bits per heavy atom. The molecule has 0 aliphatic heterocycles. The molecule has 0 radical (unpaired) electrons. The number of ether oxygens (including phenoxy) is 1. The number of rotatable bonds is 3. The van der Waals surface area contributed by atoms with Gasteiger partial charge in [0, 0.05) is 18.2 Å². The van der Waals surface area contributed by atoms with Crippen LogP contribution in [-0.2, 0) is 6.54 Å². The fraction of sp³-hybridized carbons (Fsp3) is 0.143. The summed E-state index contributed by atoms with van der Waals surface area (Å²) in [5.74, 6) is 0.231. The summed E-state index contributed by atoms with van der Waals surface area (Å²) >= 11 is 0. The number of hydrogen-bond donors (Lipinski definition) is 1. The fourth-order valence-electron chi connectivity index (χ4n) is 1.68. The molecule has 2 rings (SSSR count). The number of methoxy groups -OCH3 is 1. The van der Waals surface area contributed by atoms with Crippen molar-refractivity contribution in [2.75, 3.05) is 7.11 Å². The maximum absolute atomic E-state index is 13.8. The first-order chi connectivity index (χ1) is 8.24. The number of benzene rings is 2. The second-order valence-corrected chi connectivity index (χ2v) is 3.75. The first-order valence-electron chi connectivity index (χ1n) is 5.37. The Labute approximate surface area is 112 Å². The van der Waals surface area contributed by atoms with Crippen LogP contribution >= 0.6 is 12.4 Å². The third kappa shape index (κ3) is 3.00. The van der Waals surface area contributed by atoms with E-state index in [0.29, 0.717) is 17.9 Å². The van der Waals surface area contributed by atoms with Crippen LogP contribution < -0.4 is 10.5 Å². The van der Waals surface area contributed by atoms with Gasteiger partial charge in [-0.25, -0.2) is 4.39 Å². The molecule has 0 atom stereocenters. The molecular formula is C14H15ClFNO. The van der Waals surface area contributed by atoms with Crippen molar-refractivity contribution in [3.8, 4) is 16.9 Å². The lowest BCUT2D eigenvalue weighted by molar-refractivity contribution is 0.411. The molecule has 0 bridgehead atoms. The molecule has 0 aromatic heterocycles. The Balaban J connectivity index is 0.00000162. The highest BCUT2D eigenvalue weighted by atomic mass is 35.5. The van der Waals surface area contributed by atoms with Gasteiger partial charge in [0.05, 0.1) is 7.11 Å². The van der Waals surface area contributed by atoms with Gasteiger partial charge in [-0.2, -0.15) is 0 Å². The quantitative estimate of drug-likeness (QED) is 0.925. The molecule has 0 aliphatic rings. The lowest BCUT2D eigenvalue weighted by Crippen LogP contribution is -1.95. The molecule has 0 spiro atoms. The Hall–Kier alpha value is -1.58. The highest BCUT2D eigenvalue weighted by Gasteiger charge is 2.06. The van der Waals surface area contributed by atoms with E-state index in [0.717, 1.165) is 11.1 Å². The molecule has 2 nitrogen and oxygen atoms in total. The summed E-state index contributed by atoms with van der Waals surface area (Å²) in [6, 6.07) is 12.4. The summed E-state index contributed by atoms with van der Waals surface area (Å²) in [6.07, 6.45) is 0. The number of hydrogen-bond acceptors (Lipinski definition) is 2. The zero-order valence-corrected chi connectivity index (χ0v) is 10.8. The first kappa shape index (κ1) is 14.5. The van der Waals surface area contributed by atoms with Gasteiger partial charge in [-0.15, -0.1) is 12.4 Å². The minimum atomic E-state index is -0.287. The third-order valence-corrected chi connectivity index (χ3v) is 2.68. The van der Waals surface area contributed by atoms with E-state index < -0.39 is 0 Å². The predicted octanol–water partition coefficient (Wildman–Crippen LogP) is 3.38. The van der Waals surface area contributed by atoms with Gasteiger partial charge < -0.3 is 10.5 Å². The lowest BCUT2D eigenvalue weighted by Gasteiger charge is -2.06. The molecule has 0 saturated heterocycles. The highest BCUT2D eigenvalue weighted by Crippen LogP contribution is 2.26. The Kier molecular flexibility index (Phi) is 5.13. The third-order valence-electron chi connectivity index (χ3n) is 2.68. The molecule has 0 amide bonds. The molecule has 18 heavy (non-hydrogen) atoms. The van der Waals surface area contributed by atoms with Gasteiger partial charge in [-0.3, -0.25) is 0 Å². The monoisotopic (exact) mass is 267 g/mol. The molecular weight excluding hydrogens is 253 g/mol. The van der Waals surface area contributed by atoms with Gasteiger partial charge in [0.2, 0.25) is 0 Å². The second-order valence-electron chi connectivity index (χ2n) is 3.75. The molecule has 2 N–H and O–H groups in total. The highest BCUT2D eigenvalue weighted by molar-refractivity contribution is 5.85. The summed E-state index contributed by atoms with van der Waals surface area (Å²) in [6.45, 7) is 0.491. The zero-order chi connectivity index (χ0) is 12.3. The predicted molar refractivity (Wildman–Crippen MR) is 73.5 cm³/mol. The molecule has 0 fully saturated rings. The van der Waals surface area contributed by atoms with Crippen molar-refractivity contribution >= 4 is 12.4 Å². The Bertz CT molecular complexity index is 514. The van der Waals surface area contributed by atoms with Crippen LogP contribution in [0.1, 0.15) is 5.56 Å². The first-order valence-corrected chi connectivity index (χ1v) is 5.37. The fourth-order valence-corrected chi connectivity index (χ4v) is 1.68. The molecule has 0 aliphatic carbocycles. The van der Waals surface area contributed by atoms with Crippen molar-refractivity contribution in [3.05, 3.63) is 53.8 Å². The number of nitrogens with two attached hydrogens (primary N) is 1. The van der Waals surface area contributed by atoms with Crippen LogP contribution in [0.4, 0.5) is 4.39 Å². The van der Waals surface area contributed by atoms with Crippen LogP contribution in [0, 0.1) is 5.82 Å². The topological polar surface area (TPSA) is 35.2 Å². The van der Waals surface area contributed by atoms with E-state index in [9.17, 15) is 4.39 Å². The van der Waals surface area contributed by atoms with Crippen LogP contribution in [0.25, 0.3) is 11.1 Å². The molecule has 2 aromatic rings. The zero-order valence-electron chi connectivity index (χ0n) is 10.0. The summed E-state index contributed by atoms with van der Waals surface area (Å²) < 4.78 is 18.8. The van der Waals surface area contributed by atoms with E-state index in [-0.39, 0.29) is 18.2 Å². The maximum atomic E-state index is 13.8. The SMILES string of the molecule is COc1ccc(-c2ccc(CN)cc2)c(F)c1.Cl. The summed E-state index contributed by atoms with van der Waals surface area (Å²) in [7, 11) is 1.52. The van der Waals surface area contributed by atoms with Crippen LogP contribution in [0.15, 0.2) is 42.5 Å². The van der Waals surface area contributed by atoms with Gasteiger partial charge in [-0.05, 0) is 23.3 Å². The van der Waals surface area contributed by atoms with E-state index in [2.05, 4.69) is 0 Å². The van der Waals surface area contributed by atoms with Gasteiger partial charge in [-0.1, -0.05) is 24.3 Å². The molecule has 2 aromatic carbocycles. The Morgan fingerprint density at radius 2 is 1.78 bits per heavy atom. The van der Waals surface area contributed by atoms with Crippen molar-refractivity contribution in [1.29, 1.82) is 0 Å².